The normalized spacial score (nSPS) is 13.3. The van der Waals surface area contributed by atoms with Crippen LogP contribution in [-0.2, 0) is 4.79 Å². The Kier molecular flexibility index (Phi) is 4.58. The highest BCUT2D eigenvalue weighted by Gasteiger charge is 2.34. The predicted molar refractivity (Wildman–Crippen MR) is 67.7 cm³/mol. The summed E-state index contributed by atoms with van der Waals surface area (Å²) in [4.78, 5) is 35.9. The Hall–Kier alpha value is -1.72. The van der Waals surface area contributed by atoms with Crippen LogP contribution in [0.3, 0.4) is 0 Å². The molecule has 1 aromatic carbocycles. The van der Waals surface area contributed by atoms with Crippen molar-refractivity contribution in [1.82, 2.24) is 4.90 Å². The van der Waals surface area contributed by atoms with Crippen LogP contribution in [0.1, 0.15) is 27.1 Å². The molecule has 6 heteroatoms. The first-order chi connectivity index (χ1) is 8.15. The molecule has 96 valence electrons. The molecule has 0 spiro atoms. The second-order valence-corrected chi connectivity index (χ2v) is 3.80. The van der Waals surface area contributed by atoms with E-state index in [0.717, 1.165) is 4.90 Å². The van der Waals surface area contributed by atoms with Crippen molar-refractivity contribution in [3.63, 3.8) is 0 Å². The lowest BCUT2D eigenvalue weighted by molar-refractivity contribution is -0.117. The molecule has 0 unspecified atom stereocenters. The lowest BCUT2D eigenvalue weighted by atomic mass is 10.1. The molecule has 0 aromatic heterocycles. The molecule has 18 heavy (non-hydrogen) atoms. The Morgan fingerprint density at radius 3 is 2.06 bits per heavy atom. The Morgan fingerprint density at radius 1 is 1.11 bits per heavy atom. The molecule has 0 atom stereocenters. The highest BCUT2D eigenvalue weighted by molar-refractivity contribution is 6.21. The van der Waals surface area contributed by atoms with Crippen molar-refractivity contribution in [2.45, 2.75) is 6.42 Å². The Bertz CT molecular complexity index is 467. The standard InChI is InChI=1S/C12H12N2O3.ClH/c13-7-8(15)5-6-14-11(16)9-3-1-2-4-10(9)12(14)17;/h1-4H,5-7,13H2;1H. The number of imide groups is 1. The summed E-state index contributed by atoms with van der Waals surface area (Å²) in [5, 5.41) is 0. The highest BCUT2D eigenvalue weighted by atomic mass is 35.5. The third-order valence-corrected chi connectivity index (χ3v) is 2.72. The van der Waals surface area contributed by atoms with E-state index < -0.39 is 0 Å². The van der Waals surface area contributed by atoms with Gasteiger partial charge in [0.2, 0.25) is 0 Å². The second kappa shape index (κ2) is 5.75. The maximum absolute atomic E-state index is 11.9. The molecule has 5 nitrogen and oxygen atoms in total. The minimum absolute atomic E-state index is 0. The molecule has 1 aliphatic rings. The van der Waals surface area contributed by atoms with Gasteiger partial charge in [-0.15, -0.1) is 12.4 Å². The van der Waals surface area contributed by atoms with Gasteiger partial charge < -0.3 is 5.73 Å². The SMILES string of the molecule is Cl.NCC(=O)CCN1C(=O)c2ccccc2C1=O. The number of amides is 2. The maximum atomic E-state index is 11.9. The van der Waals surface area contributed by atoms with Crippen LogP contribution in [0.15, 0.2) is 24.3 Å². The van der Waals surface area contributed by atoms with E-state index in [9.17, 15) is 14.4 Å². The van der Waals surface area contributed by atoms with Gasteiger partial charge in [-0.1, -0.05) is 12.1 Å². The van der Waals surface area contributed by atoms with Crippen molar-refractivity contribution < 1.29 is 14.4 Å². The number of carbonyl (C=O) groups is 3. The van der Waals surface area contributed by atoms with Crippen LogP contribution >= 0.6 is 12.4 Å². The van der Waals surface area contributed by atoms with Gasteiger partial charge in [0.1, 0.15) is 5.78 Å². The van der Waals surface area contributed by atoms with Crippen LogP contribution < -0.4 is 5.73 Å². The zero-order valence-corrected chi connectivity index (χ0v) is 10.4. The minimum atomic E-state index is -0.338. The Morgan fingerprint density at radius 2 is 1.61 bits per heavy atom. The van der Waals surface area contributed by atoms with E-state index in [-0.39, 0.29) is 49.5 Å². The molecule has 0 saturated heterocycles. The number of benzene rings is 1. The first kappa shape index (κ1) is 14.3. The topological polar surface area (TPSA) is 80.5 Å². The number of carbonyl (C=O) groups excluding carboxylic acids is 3. The maximum Gasteiger partial charge on any atom is 0.261 e. The van der Waals surface area contributed by atoms with E-state index in [1.165, 1.54) is 0 Å². The summed E-state index contributed by atoms with van der Waals surface area (Å²) >= 11 is 0. The van der Waals surface area contributed by atoms with Gasteiger partial charge in [-0.05, 0) is 12.1 Å². The van der Waals surface area contributed by atoms with Crippen molar-refractivity contribution in [3.8, 4) is 0 Å². The summed E-state index contributed by atoms with van der Waals surface area (Å²) in [5.41, 5.74) is 5.97. The number of rotatable bonds is 4. The smallest absolute Gasteiger partial charge is 0.261 e. The Labute approximate surface area is 110 Å². The van der Waals surface area contributed by atoms with Gasteiger partial charge in [0.15, 0.2) is 0 Å². The van der Waals surface area contributed by atoms with Gasteiger partial charge in [-0.3, -0.25) is 19.3 Å². The molecule has 2 rings (SSSR count). The monoisotopic (exact) mass is 268 g/mol. The first-order valence-corrected chi connectivity index (χ1v) is 5.32. The van der Waals surface area contributed by atoms with Gasteiger partial charge in [0.05, 0.1) is 17.7 Å². The molecular weight excluding hydrogens is 256 g/mol. The van der Waals surface area contributed by atoms with Crippen LogP contribution in [0.2, 0.25) is 0 Å². The highest BCUT2D eigenvalue weighted by Crippen LogP contribution is 2.22. The number of fused-ring (bicyclic) bond motifs is 1. The lowest BCUT2D eigenvalue weighted by Crippen LogP contribution is -2.32. The molecule has 0 radical (unpaired) electrons. The van der Waals surface area contributed by atoms with E-state index in [1.54, 1.807) is 24.3 Å². The largest absolute Gasteiger partial charge is 0.324 e. The summed E-state index contributed by atoms with van der Waals surface area (Å²) in [5.74, 6) is -0.840. The molecule has 2 amide bonds. The van der Waals surface area contributed by atoms with Crippen molar-refractivity contribution in [3.05, 3.63) is 35.4 Å². The number of hydrogen-bond acceptors (Lipinski definition) is 4. The molecule has 1 heterocycles. The molecule has 0 bridgehead atoms. The summed E-state index contributed by atoms with van der Waals surface area (Å²) < 4.78 is 0. The van der Waals surface area contributed by atoms with Crippen LogP contribution in [0.5, 0.6) is 0 Å². The van der Waals surface area contributed by atoms with Crippen LogP contribution in [0, 0.1) is 0 Å². The molecule has 1 aliphatic heterocycles. The fourth-order valence-electron chi connectivity index (χ4n) is 1.78. The number of nitrogens with two attached hydrogens (primary N) is 1. The van der Waals surface area contributed by atoms with E-state index >= 15 is 0 Å². The van der Waals surface area contributed by atoms with E-state index in [4.69, 9.17) is 5.73 Å². The Balaban J connectivity index is 0.00000162. The van der Waals surface area contributed by atoms with E-state index in [1.807, 2.05) is 0 Å². The van der Waals surface area contributed by atoms with E-state index in [2.05, 4.69) is 0 Å². The van der Waals surface area contributed by atoms with Gasteiger partial charge >= 0.3 is 0 Å². The van der Waals surface area contributed by atoms with Gasteiger partial charge in [0, 0.05) is 13.0 Å². The summed E-state index contributed by atoms with van der Waals surface area (Å²) in [6.45, 7) is 0.0333. The van der Waals surface area contributed by atoms with Gasteiger partial charge in [-0.2, -0.15) is 0 Å². The average Bonchev–Trinajstić information content (AvgIpc) is 2.60. The van der Waals surface area contributed by atoms with Gasteiger partial charge in [-0.25, -0.2) is 0 Å². The summed E-state index contributed by atoms with van der Waals surface area (Å²) in [6.07, 6.45) is 0.113. The zero-order valence-electron chi connectivity index (χ0n) is 9.59. The quantitative estimate of drug-likeness (QED) is 0.812. The lowest BCUT2D eigenvalue weighted by Gasteiger charge is -2.12. The zero-order chi connectivity index (χ0) is 12.4. The number of hydrogen-bond donors (Lipinski definition) is 1. The van der Waals surface area contributed by atoms with Crippen LogP contribution in [0.4, 0.5) is 0 Å². The fourth-order valence-corrected chi connectivity index (χ4v) is 1.78. The van der Waals surface area contributed by atoms with Crippen molar-refractivity contribution >= 4 is 30.0 Å². The second-order valence-electron chi connectivity index (χ2n) is 3.80. The van der Waals surface area contributed by atoms with E-state index in [0.29, 0.717) is 11.1 Å². The molecule has 1 aromatic rings. The van der Waals surface area contributed by atoms with Crippen LogP contribution in [-0.4, -0.2) is 35.6 Å². The summed E-state index contributed by atoms with van der Waals surface area (Å²) in [6, 6.07) is 6.64. The first-order valence-electron chi connectivity index (χ1n) is 5.32. The number of nitrogens with zero attached hydrogens (tertiary/aromatic N) is 1. The van der Waals surface area contributed by atoms with Crippen molar-refractivity contribution in [1.29, 1.82) is 0 Å². The molecular formula is C12H13ClN2O3. The average molecular weight is 269 g/mol. The molecule has 0 fully saturated rings. The van der Waals surface area contributed by atoms with Crippen molar-refractivity contribution in [2.24, 2.45) is 5.73 Å². The minimum Gasteiger partial charge on any atom is -0.324 e. The molecule has 0 saturated carbocycles. The number of ketones is 1. The van der Waals surface area contributed by atoms with Gasteiger partial charge in [0.25, 0.3) is 11.8 Å². The number of halogens is 1. The summed E-state index contributed by atoms with van der Waals surface area (Å²) in [7, 11) is 0. The molecule has 0 aliphatic carbocycles. The third-order valence-electron chi connectivity index (χ3n) is 2.72. The predicted octanol–water partition coefficient (Wildman–Crippen LogP) is 0.622. The van der Waals surface area contributed by atoms with Crippen LogP contribution in [0.25, 0.3) is 0 Å². The number of Topliss-reactive ketones (excluding diaryl/α,β-unsaturated/α-hetero) is 1. The molecule has 2 N–H and O–H groups in total. The van der Waals surface area contributed by atoms with Crippen molar-refractivity contribution in [2.75, 3.05) is 13.1 Å². The third kappa shape index (κ3) is 2.42. The fraction of sp³-hybridized carbons (Fsp3) is 0.250.